The molecule has 0 radical (unpaired) electrons. The lowest BCUT2D eigenvalue weighted by Crippen LogP contribution is -2.46. The molecule has 3 heterocycles. The first kappa shape index (κ1) is 16.7. The number of ether oxygens (including phenoxy) is 2. The fourth-order valence-corrected chi connectivity index (χ4v) is 3.75. The summed E-state index contributed by atoms with van der Waals surface area (Å²) in [6, 6.07) is 6.09. The predicted molar refractivity (Wildman–Crippen MR) is 94.7 cm³/mol. The lowest BCUT2D eigenvalue weighted by Gasteiger charge is -2.40. The number of aromatic nitrogens is 3. The molecule has 0 saturated carbocycles. The second kappa shape index (κ2) is 6.51. The number of carbonyl (C=O) groups excluding carboxylic acids is 1. The first-order valence-corrected chi connectivity index (χ1v) is 8.84. The molecule has 2 aliphatic rings. The molecule has 8 heteroatoms. The Bertz CT molecular complexity index is 821. The summed E-state index contributed by atoms with van der Waals surface area (Å²) in [7, 11) is 0. The van der Waals surface area contributed by atoms with Gasteiger partial charge < -0.3 is 20.1 Å². The van der Waals surface area contributed by atoms with Gasteiger partial charge in [0.05, 0.1) is 0 Å². The number of benzene rings is 1. The number of rotatable bonds is 5. The third-order valence-corrected chi connectivity index (χ3v) is 5.10. The van der Waals surface area contributed by atoms with Crippen LogP contribution in [0.2, 0.25) is 0 Å². The monoisotopic (exact) mass is 357 g/mol. The highest BCUT2D eigenvalue weighted by Crippen LogP contribution is 2.37. The van der Waals surface area contributed by atoms with Gasteiger partial charge in [-0.05, 0) is 36.0 Å². The fourth-order valence-electron chi connectivity index (χ4n) is 3.75. The van der Waals surface area contributed by atoms with Crippen LogP contribution in [0.25, 0.3) is 0 Å². The number of nitrogens with one attached hydrogen (secondary N) is 1. The summed E-state index contributed by atoms with van der Waals surface area (Å²) in [5.74, 6) is 2.74. The van der Waals surface area contributed by atoms with Crippen LogP contribution in [0.1, 0.15) is 31.2 Å². The minimum Gasteiger partial charge on any atom is -0.454 e. The van der Waals surface area contributed by atoms with Crippen molar-refractivity contribution in [1.29, 1.82) is 0 Å². The van der Waals surface area contributed by atoms with E-state index in [-0.39, 0.29) is 24.1 Å². The van der Waals surface area contributed by atoms with E-state index in [2.05, 4.69) is 28.2 Å². The normalized spacial score (nSPS) is 22.0. The van der Waals surface area contributed by atoms with Crippen LogP contribution in [0.4, 0.5) is 5.95 Å². The number of H-pyrrole nitrogens is 1. The van der Waals surface area contributed by atoms with Crippen LogP contribution in [0, 0.1) is 5.41 Å². The Morgan fingerprint density at radius 1 is 1.35 bits per heavy atom. The van der Waals surface area contributed by atoms with Gasteiger partial charge in [0.2, 0.25) is 18.6 Å². The number of aromatic amines is 1. The highest BCUT2D eigenvalue weighted by Gasteiger charge is 2.35. The summed E-state index contributed by atoms with van der Waals surface area (Å²) in [6.45, 7) is 3.86. The van der Waals surface area contributed by atoms with E-state index < -0.39 is 0 Å². The van der Waals surface area contributed by atoms with Crippen LogP contribution in [0.5, 0.6) is 11.5 Å². The molecule has 0 bridgehead atoms. The number of anilines is 1. The van der Waals surface area contributed by atoms with Crippen molar-refractivity contribution in [3.63, 3.8) is 0 Å². The molecule has 1 atom stereocenters. The molecule has 2 aromatic rings. The Balaban J connectivity index is 1.41. The van der Waals surface area contributed by atoms with Crippen molar-refractivity contribution in [2.45, 2.75) is 32.6 Å². The number of nitrogen functional groups attached to an aromatic ring is 1. The standard InChI is InChI=1S/C18H23N5O3/c1-18(9-12-2-3-13-14(8-12)26-11-25-13)6-4-16(24)23(10-18)7-5-15-20-17(19)22-21-15/h2-3,8H,4-7,9-11H2,1H3,(H3,19,20,21,22)/t18-/m1/s1. The maximum absolute atomic E-state index is 12.3. The summed E-state index contributed by atoms with van der Waals surface area (Å²) in [4.78, 5) is 18.4. The van der Waals surface area contributed by atoms with Crippen molar-refractivity contribution in [2.75, 3.05) is 25.6 Å². The van der Waals surface area contributed by atoms with E-state index in [9.17, 15) is 4.79 Å². The number of fused-ring (bicyclic) bond motifs is 1. The molecule has 2 aliphatic heterocycles. The van der Waals surface area contributed by atoms with Crippen LogP contribution >= 0.6 is 0 Å². The van der Waals surface area contributed by atoms with Gasteiger partial charge in [-0.25, -0.2) is 0 Å². The molecule has 1 aromatic carbocycles. The lowest BCUT2D eigenvalue weighted by atomic mass is 9.76. The average Bonchev–Trinajstić information content (AvgIpc) is 3.24. The lowest BCUT2D eigenvalue weighted by molar-refractivity contribution is -0.137. The van der Waals surface area contributed by atoms with E-state index in [1.807, 2.05) is 17.0 Å². The van der Waals surface area contributed by atoms with E-state index in [1.54, 1.807) is 0 Å². The molecule has 3 N–H and O–H groups in total. The predicted octanol–water partition coefficient (Wildman–Crippen LogP) is 1.53. The van der Waals surface area contributed by atoms with Crippen LogP contribution in [0.15, 0.2) is 18.2 Å². The molecule has 0 aliphatic carbocycles. The third-order valence-electron chi connectivity index (χ3n) is 5.10. The van der Waals surface area contributed by atoms with Crippen molar-refractivity contribution >= 4 is 11.9 Å². The molecule has 1 aromatic heterocycles. The zero-order valence-corrected chi connectivity index (χ0v) is 14.8. The average molecular weight is 357 g/mol. The van der Waals surface area contributed by atoms with E-state index >= 15 is 0 Å². The molecule has 0 spiro atoms. The molecular formula is C18H23N5O3. The Morgan fingerprint density at radius 2 is 2.19 bits per heavy atom. The van der Waals surface area contributed by atoms with Gasteiger partial charge in [-0.2, -0.15) is 4.98 Å². The van der Waals surface area contributed by atoms with E-state index in [4.69, 9.17) is 15.2 Å². The molecule has 8 nitrogen and oxygen atoms in total. The zero-order valence-electron chi connectivity index (χ0n) is 14.8. The minimum absolute atomic E-state index is 0.0298. The molecule has 26 heavy (non-hydrogen) atoms. The highest BCUT2D eigenvalue weighted by molar-refractivity contribution is 5.77. The van der Waals surface area contributed by atoms with Gasteiger partial charge in [-0.1, -0.05) is 13.0 Å². The number of hydrogen-bond donors (Lipinski definition) is 2. The van der Waals surface area contributed by atoms with Crippen molar-refractivity contribution in [1.82, 2.24) is 20.1 Å². The topological polar surface area (TPSA) is 106 Å². The quantitative estimate of drug-likeness (QED) is 0.840. The molecule has 4 rings (SSSR count). The summed E-state index contributed by atoms with van der Waals surface area (Å²) >= 11 is 0. The first-order valence-electron chi connectivity index (χ1n) is 8.84. The van der Waals surface area contributed by atoms with Gasteiger partial charge in [-0.3, -0.25) is 9.89 Å². The number of hydrogen-bond acceptors (Lipinski definition) is 6. The molecule has 138 valence electrons. The molecule has 1 amide bonds. The van der Waals surface area contributed by atoms with E-state index in [0.717, 1.165) is 30.9 Å². The number of nitrogens with zero attached hydrogens (tertiary/aromatic N) is 3. The van der Waals surface area contributed by atoms with E-state index in [0.29, 0.717) is 25.2 Å². The fraction of sp³-hybridized carbons (Fsp3) is 0.500. The van der Waals surface area contributed by atoms with Crippen molar-refractivity contribution in [3.05, 3.63) is 29.6 Å². The zero-order chi connectivity index (χ0) is 18.1. The maximum Gasteiger partial charge on any atom is 0.239 e. The molecular weight excluding hydrogens is 334 g/mol. The van der Waals surface area contributed by atoms with Gasteiger partial charge >= 0.3 is 0 Å². The molecule has 1 saturated heterocycles. The largest absolute Gasteiger partial charge is 0.454 e. The summed E-state index contributed by atoms with van der Waals surface area (Å²) in [6.07, 6.45) is 2.96. The van der Waals surface area contributed by atoms with Crippen LogP contribution in [0.3, 0.4) is 0 Å². The summed E-state index contributed by atoms with van der Waals surface area (Å²) < 4.78 is 10.9. The number of amides is 1. The smallest absolute Gasteiger partial charge is 0.239 e. The van der Waals surface area contributed by atoms with Gasteiger partial charge in [0, 0.05) is 25.9 Å². The van der Waals surface area contributed by atoms with Crippen LogP contribution < -0.4 is 15.2 Å². The second-order valence-electron chi connectivity index (χ2n) is 7.38. The van der Waals surface area contributed by atoms with Gasteiger partial charge in [0.25, 0.3) is 0 Å². The third kappa shape index (κ3) is 3.44. The number of nitrogens with two attached hydrogens (primary N) is 1. The van der Waals surface area contributed by atoms with Crippen molar-refractivity contribution < 1.29 is 14.3 Å². The Labute approximate surface area is 151 Å². The summed E-state index contributed by atoms with van der Waals surface area (Å²) in [5.41, 5.74) is 6.76. The van der Waals surface area contributed by atoms with Crippen LogP contribution in [-0.2, 0) is 17.6 Å². The maximum atomic E-state index is 12.3. The number of likely N-dealkylation sites (tertiary alicyclic amines) is 1. The van der Waals surface area contributed by atoms with Gasteiger partial charge in [-0.15, -0.1) is 5.10 Å². The Morgan fingerprint density at radius 3 is 3.00 bits per heavy atom. The second-order valence-corrected chi connectivity index (χ2v) is 7.38. The van der Waals surface area contributed by atoms with Gasteiger partial charge in [0.15, 0.2) is 11.5 Å². The Kier molecular flexibility index (Phi) is 4.18. The summed E-state index contributed by atoms with van der Waals surface area (Å²) in [5, 5.41) is 6.62. The Hall–Kier alpha value is -2.77. The molecule has 1 fully saturated rings. The van der Waals surface area contributed by atoms with Crippen LogP contribution in [-0.4, -0.2) is 45.9 Å². The number of piperidine rings is 1. The molecule has 0 unspecified atom stereocenters. The number of carbonyl (C=O) groups is 1. The highest BCUT2D eigenvalue weighted by atomic mass is 16.7. The van der Waals surface area contributed by atoms with E-state index in [1.165, 1.54) is 5.56 Å². The van der Waals surface area contributed by atoms with Crippen molar-refractivity contribution in [2.24, 2.45) is 5.41 Å². The first-order chi connectivity index (χ1) is 12.5. The van der Waals surface area contributed by atoms with Gasteiger partial charge in [0.1, 0.15) is 5.82 Å². The SMILES string of the molecule is C[C@]1(Cc2ccc3c(c2)OCO3)CCC(=O)N(CCc2nc(N)n[nH]2)C1. The van der Waals surface area contributed by atoms with Crippen molar-refractivity contribution in [3.8, 4) is 11.5 Å². The minimum atomic E-state index is 0.0298.